The number of rotatable bonds is 8. The highest BCUT2D eigenvalue weighted by Crippen LogP contribution is 2.34. The molecule has 1 aromatic rings. The van der Waals surface area contributed by atoms with Gasteiger partial charge in [-0.15, -0.1) is 0 Å². The lowest BCUT2D eigenvalue weighted by molar-refractivity contribution is -0.00733. The lowest BCUT2D eigenvalue weighted by Crippen LogP contribution is -2.45. The van der Waals surface area contributed by atoms with Crippen LogP contribution in [-0.2, 0) is 9.47 Å². The monoisotopic (exact) mass is 291 g/mol. The summed E-state index contributed by atoms with van der Waals surface area (Å²) in [6.45, 7) is 4.76. The summed E-state index contributed by atoms with van der Waals surface area (Å²) in [6, 6.07) is 11.4. The second kappa shape index (κ2) is 9.19. The normalized spacial score (nSPS) is 25.9. The summed E-state index contributed by atoms with van der Waals surface area (Å²) in [6.07, 6.45) is 4.86. The smallest absolute Gasteiger partial charge is 0.0733 e. The van der Waals surface area contributed by atoms with E-state index >= 15 is 0 Å². The van der Waals surface area contributed by atoms with Crippen LogP contribution in [0.5, 0.6) is 0 Å². The molecule has 3 unspecified atom stereocenters. The Morgan fingerprint density at radius 1 is 1.14 bits per heavy atom. The van der Waals surface area contributed by atoms with Crippen molar-refractivity contribution in [3.8, 4) is 0 Å². The molecular weight excluding hydrogens is 262 g/mol. The van der Waals surface area contributed by atoms with Gasteiger partial charge >= 0.3 is 0 Å². The standard InChI is InChI=1S/C18H29NO2/c1-3-19-17-11-10-16(15-8-5-4-6-9-15)14-18(17)21-13-7-12-20-2/h4-6,8-9,16-19H,3,7,10-14H2,1-2H3. The van der Waals surface area contributed by atoms with Crippen molar-refractivity contribution in [2.45, 2.75) is 50.7 Å². The molecule has 3 nitrogen and oxygen atoms in total. The lowest BCUT2D eigenvalue weighted by Gasteiger charge is -2.36. The zero-order chi connectivity index (χ0) is 14.9. The Morgan fingerprint density at radius 3 is 2.67 bits per heavy atom. The van der Waals surface area contributed by atoms with Gasteiger partial charge in [-0.05, 0) is 43.7 Å². The number of nitrogens with one attached hydrogen (secondary N) is 1. The maximum atomic E-state index is 6.16. The molecule has 0 radical (unpaired) electrons. The van der Waals surface area contributed by atoms with Crippen LogP contribution in [0.3, 0.4) is 0 Å². The Kier molecular flexibility index (Phi) is 7.20. The third-order valence-corrected chi connectivity index (χ3v) is 4.35. The first-order chi connectivity index (χ1) is 10.3. The van der Waals surface area contributed by atoms with Crippen LogP contribution >= 0.6 is 0 Å². The van der Waals surface area contributed by atoms with Crippen LogP contribution in [0.2, 0.25) is 0 Å². The van der Waals surface area contributed by atoms with Gasteiger partial charge in [-0.2, -0.15) is 0 Å². The summed E-state index contributed by atoms with van der Waals surface area (Å²) in [5.74, 6) is 0.633. The van der Waals surface area contributed by atoms with Gasteiger partial charge in [0, 0.05) is 26.4 Å². The van der Waals surface area contributed by atoms with E-state index in [-0.39, 0.29) is 0 Å². The maximum Gasteiger partial charge on any atom is 0.0733 e. The Labute approximate surface area is 129 Å². The summed E-state index contributed by atoms with van der Waals surface area (Å²) < 4.78 is 11.3. The molecule has 21 heavy (non-hydrogen) atoms. The molecule has 3 atom stereocenters. The fraction of sp³-hybridized carbons (Fsp3) is 0.667. The Morgan fingerprint density at radius 2 is 1.95 bits per heavy atom. The van der Waals surface area contributed by atoms with E-state index in [0.29, 0.717) is 18.1 Å². The first kappa shape index (κ1) is 16.5. The van der Waals surface area contributed by atoms with E-state index in [9.17, 15) is 0 Å². The van der Waals surface area contributed by atoms with Gasteiger partial charge in [-0.25, -0.2) is 0 Å². The third-order valence-electron chi connectivity index (χ3n) is 4.35. The van der Waals surface area contributed by atoms with Crippen LogP contribution in [0.4, 0.5) is 0 Å². The topological polar surface area (TPSA) is 30.5 Å². The molecule has 1 saturated carbocycles. The number of hydrogen-bond acceptors (Lipinski definition) is 3. The largest absolute Gasteiger partial charge is 0.385 e. The molecule has 118 valence electrons. The van der Waals surface area contributed by atoms with E-state index in [1.807, 2.05) is 0 Å². The van der Waals surface area contributed by atoms with Crippen LogP contribution in [0.25, 0.3) is 0 Å². The van der Waals surface area contributed by atoms with Gasteiger partial charge in [0.15, 0.2) is 0 Å². The molecule has 0 aromatic heterocycles. The van der Waals surface area contributed by atoms with Crippen molar-refractivity contribution < 1.29 is 9.47 Å². The van der Waals surface area contributed by atoms with Crippen molar-refractivity contribution in [2.75, 3.05) is 26.9 Å². The second-order valence-corrected chi connectivity index (χ2v) is 5.84. The Hall–Kier alpha value is -0.900. The summed E-state index contributed by atoms with van der Waals surface area (Å²) in [5, 5.41) is 3.59. The molecule has 0 saturated heterocycles. The van der Waals surface area contributed by atoms with Crippen LogP contribution in [0.15, 0.2) is 30.3 Å². The molecule has 0 spiro atoms. The molecule has 1 N–H and O–H groups in total. The minimum atomic E-state index is 0.320. The van der Waals surface area contributed by atoms with Crippen LogP contribution in [-0.4, -0.2) is 39.0 Å². The highest BCUT2D eigenvalue weighted by atomic mass is 16.5. The fourth-order valence-corrected chi connectivity index (χ4v) is 3.27. The molecule has 0 amide bonds. The second-order valence-electron chi connectivity index (χ2n) is 5.84. The number of ether oxygens (including phenoxy) is 2. The van der Waals surface area contributed by atoms with Crippen LogP contribution in [0.1, 0.15) is 44.1 Å². The van der Waals surface area contributed by atoms with Crippen molar-refractivity contribution in [1.82, 2.24) is 5.32 Å². The van der Waals surface area contributed by atoms with Crippen LogP contribution < -0.4 is 5.32 Å². The average Bonchev–Trinajstić information content (AvgIpc) is 2.54. The van der Waals surface area contributed by atoms with Crippen molar-refractivity contribution in [3.63, 3.8) is 0 Å². The first-order valence-electron chi connectivity index (χ1n) is 8.24. The van der Waals surface area contributed by atoms with E-state index in [1.165, 1.54) is 18.4 Å². The Balaban J connectivity index is 1.91. The zero-order valence-electron chi connectivity index (χ0n) is 13.4. The molecular formula is C18H29NO2. The minimum absolute atomic E-state index is 0.320. The van der Waals surface area contributed by atoms with Gasteiger partial charge in [0.2, 0.25) is 0 Å². The van der Waals surface area contributed by atoms with Crippen molar-refractivity contribution in [3.05, 3.63) is 35.9 Å². The highest BCUT2D eigenvalue weighted by Gasteiger charge is 2.31. The first-order valence-corrected chi connectivity index (χ1v) is 8.24. The van der Waals surface area contributed by atoms with Gasteiger partial charge in [-0.3, -0.25) is 0 Å². The van der Waals surface area contributed by atoms with Crippen LogP contribution in [0, 0.1) is 0 Å². The van der Waals surface area contributed by atoms with Gasteiger partial charge in [-0.1, -0.05) is 37.3 Å². The summed E-state index contributed by atoms with van der Waals surface area (Å²) in [7, 11) is 1.74. The van der Waals surface area contributed by atoms with Crippen molar-refractivity contribution in [1.29, 1.82) is 0 Å². The number of likely N-dealkylation sites (N-methyl/N-ethyl adjacent to an activating group) is 1. The van der Waals surface area contributed by atoms with Gasteiger partial charge in [0.25, 0.3) is 0 Å². The van der Waals surface area contributed by atoms with E-state index in [4.69, 9.17) is 9.47 Å². The minimum Gasteiger partial charge on any atom is -0.385 e. The molecule has 2 rings (SSSR count). The summed E-state index contributed by atoms with van der Waals surface area (Å²) in [4.78, 5) is 0. The molecule has 0 aliphatic heterocycles. The SMILES string of the molecule is CCNC1CCC(c2ccccc2)CC1OCCCOC. The number of hydrogen-bond donors (Lipinski definition) is 1. The maximum absolute atomic E-state index is 6.16. The zero-order valence-corrected chi connectivity index (χ0v) is 13.4. The lowest BCUT2D eigenvalue weighted by atomic mass is 9.80. The molecule has 0 bridgehead atoms. The van der Waals surface area contributed by atoms with E-state index in [1.54, 1.807) is 7.11 Å². The molecule has 0 heterocycles. The molecule has 1 fully saturated rings. The van der Waals surface area contributed by atoms with Crippen molar-refractivity contribution >= 4 is 0 Å². The fourth-order valence-electron chi connectivity index (χ4n) is 3.27. The van der Waals surface area contributed by atoms with Gasteiger partial charge < -0.3 is 14.8 Å². The Bertz CT molecular complexity index is 382. The van der Waals surface area contributed by atoms with E-state index in [2.05, 4.69) is 42.6 Å². The van der Waals surface area contributed by atoms with Gasteiger partial charge in [0.1, 0.15) is 0 Å². The molecule has 1 aliphatic carbocycles. The molecule has 1 aromatic carbocycles. The molecule has 1 aliphatic rings. The van der Waals surface area contributed by atoms with E-state index < -0.39 is 0 Å². The average molecular weight is 291 g/mol. The predicted molar refractivity (Wildman–Crippen MR) is 86.7 cm³/mol. The summed E-state index contributed by atoms with van der Waals surface area (Å²) in [5.41, 5.74) is 1.46. The van der Waals surface area contributed by atoms with E-state index in [0.717, 1.165) is 32.6 Å². The highest BCUT2D eigenvalue weighted by molar-refractivity contribution is 5.20. The summed E-state index contributed by atoms with van der Waals surface area (Å²) >= 11 is 0. The quantitative estimate of drug-likeness (QED) is 0.745. The number of benzene rings is 1. The number of methoxy groups -OCH3 is 1. The van der Waals surface area contributed by atoms with Gasteiger partial charge in [0.05, 0.1) is 6.10 Å². The predicted octanol–water partition coefficient (Wildman–Crippen LogP) is 3.35. The molecule has 3 heteroatoms. The van der Waals surface area contributed by atoms with Crippen molar-refractivity contribution in [2.24, 2.45) is 0 Å². The third kappa shape index (κ3) is 5.10.